The minimum atomic E-state index is -0.531. The van der Waals surface area contributed by atoms with Crippen LogP contribution >= 0.6 is 0 Å². The van der Waals surface area contributed by atoms with Crippen molar-refractivity contribution in [3.8, 4) is 5.75 Å². The molecule has 1 N–H and O–H groups in total. The number of hydrazone groups is 1. The van der Waals surface area contributed by atoms with Crippen molar-refractivity contribution in [2.24, 2.45) is 11.0 Å². The highest BCUT2D eigenvalue weighted by atomic mass is 16.6. The van der Waals surface area contributed by atoms with E-state index in [-0.39, 0.29) is 30.5 Å². The number of amides is 2. The van der Waals surface area contributed by atoms with Crippen molar-refractivity contribution < 1.29 is 19.2 Å². The van der Waals surface area contributed by atoms with E-state index in [0.29, 0.717) is 17.0 Å². The SMILES string of the molecule is COc1ccc(N2C[C@H](C(=O)N/N=C\c3cccc([N+](=O)[O-])c3)CC2=O)cc1. The number of hydrogen-bond donors (Lipinski definition) is 1. The lowest BCUT2D eigenvalue weighted by Gasteiger charge is -2.16. The number of nitro groups is 1. The van der Waals surface area contributed by atoms with Crippen molar-refractivity contribution in [2.45, 2.75) is 6.42 Å². The third kappa shape index (κ3) is 4.32. The van der Waals surface area contributed by atoms with Gasteiger partial charge in [0.1, 0.15) is 5.75 Å². The van der Waals surface area contributed by atoms with Crippen LogP contribution in [-0.4, -0.2) is 36.6 Å². The predicted molar refractivity (Wildman–Crippen MR) is 102 cm³/mol. The van der Waals surface area contributed by atoms with Crippen molar-refractivity contribution in [1.82, 2.24) is 5.43 Å². The van der Waals surface area contributed by atoms with E-state index in [9.17, 15) is 19.7 Å². The minimum Gasteiger partial charge on any atom is -0.497 e. The molecule has 0 spiro atoms. The molecule has 1 saturated heterocycles. The molecule has 0 bridgehead atoms. The van der Waals surface area contributed by atoms with Gasteiger partial charge in [0.05, 0.1) is 24.2 Å². The van der Waals surface area contributed by atoms with Crippen LogP contribution < -0.4 is 15.1 Å². The summed E-state index contributed by atoms with van der Waals surface area (Å²) in [7, 11) is 1.56. The Morgan fingerprint density at radius 3 is 2.75 bits per heavy atom. The van der Waals surface area contributed by atoms with Gasteiger partial charge in [-0.2, -0.15) is 5.10 Å². The zero-order valence-corrected chi connectivity index (χ0v) is 15.1. The normalized spacial score (nSPS) is 16.4. The van der Waals surface area contributed by atoms with Crippen LogP contribution in [0.4, 0.5) is 11.4 Å². The summed E-state index contributed by atoms with van der Waals surface area (Å²) in [5, 5.41) is 14.6. The molecule has 144 valence electrons. The molecule has 0 saturated carbocycles. The third-order valence-corrected chi connectivity index (χ3v) is 4.35. The molecule has 9 nitrogen and oxygen atoms in total. The molecule has 2 aromatic rings. The summed E-state index contributed by atoms with van der Waals surface area (Å²) in [5.41, 5.74) is 3.51. The summed E-state index contributed by atoms with van der Waals surface area (Å²) in [6.07, 6.45) is 1.41. The van der Waals surface area contributed by atoms with E-state index in [4.69, 9.17) is 4.74 Å². The van der Waals surface area contributed by atoms with E-state index in [1.807, 2.05) is 0 Å². The van der Waals surface area contributed by atoms with Crippen LogP contribution in [0.5, 0.6) is 5.75 Å². The molecule has 1 aliphatic rings. The van der Waals surface area contributed by atoms with Gasteiger partial charge >= 0.3 is 0 Å². The van der Waals surface area contributed by atoms with Crippen molar-refractivity contribution in [1.29, 1.82) is 0 Å². The first-order valence-electron chi connectivity index (χ1n) is 8.49. The van der Waals surface area contributed by atoms with Crippen molar-refractivity contribution >= 4 is 29.4 Å². The lowest BCUT2D eigenvalue weighted by molar-refractivity contribution is -0.384. The van der Waals surface area contributed by atoms with Gasteiger partial charge in [0, 0.05) is 36.3 Å². The molecule has 1 aliphatic heterocycles. The molecule has 0 aliphatic carbocycles. The van der Waals surface area contributed by atoms with Gasteiger partial charge in [-0.15, -0.1) is 0 Å². The van der Waals surface area contributed by atoms with E-state index in [0.717, 1.165) is 0 Å². The number of nitrogens with zero attached hydrogens (tertiary/aromatic N) is 3. The van der Waals surface area contributed by atoms with Gasteiger partial charge < -0.3 is 9.64 Å². The lowest BCUT2D eigenvalue weighted by atomic mass is 10.1. The van der Waals surface area contributed by atoms with Crippen LogP contribution in [0.3, 0.4) is 0 Å². The molecule has 0 radical (unpaired) electrons. The Balaban J connectivity index is 1.60. The number of non-ortho nitro benzene ring substituents is 1. The smallest absolute Gasteiger partial charge is 0.270 e. The Labute approximate surface area is 160 Å². The largest absolute Gasteiger partial charge is 0.497 e. The Morgan fingerprint density at radius 2 is 2.07 bits per heavy atom. The van der Waals surface area contributed by atoms with E-state index < -0.39 is 10.8 Å². The Morgan fingerprint density at radius 1 is 1.32 bits per heavy atom. The van der Waals surface area contributed by atoms with Crippen molar-refractivity contribution in [2.75, 3.05) is 18.6 Å². The monoisotopic (exact) mass is 382 g/mol. The maximum absolute atomic E-state index is 12.3. The summed E-state index contributed by atoms with van der Waals surface area (Å²) in [5.74, 6) is -0.379. The number of anilines is 1. The highest BCUT2D eigenvalue weighted by molar-refractivity contribution is 6.00. The number of hydrogen-bond acceptors (Lipinski definition) is 6. The molecule has 0 unspecified atom stereocenters. The van der Waals surface area contributed by atoms with Crippen LogP contribution in [0.25, 0.3) is 0 Å². The van der Waals surface area contributed by atoms with E-state index >= 15 is 0 Å². The summed E-state index contributed by atoms with van der Waals surface area (Å²) >= 11 is 0. The number of carbonyl (C=O) groups is 2. The number of benzene rings is 2. The highest BCUT2D eigenvalue weighted by Crippen LogP contribution is 2.26. The molecule has 0 aromatic heterocycles. The van der Waals surface area contributed by atoms with Gasteiger partial charge in [0.15, 0.2) is 0 Å². The third-order valence-electron chi connectivity index (χ3n) is 4.35. The quantitative estimate of drug-likeness (QED) is 0.467. The maximum atomic E-state index is 12.3. The fourth-order valence-corrected chi connectivity index (χ4v) is 2.88. The number of ether oxygens (including phenoxy) is 1. The molecule has 1 atom stereocenters. The second-order valence-electron chi connectivity index (χ2n) is 6.19. The lowest BCUT2D eigenvalue weighted by Crippen LogP contribution is -2.30. The molecule has 28 heavy (non-hydrogen) atoms. The summed E-state index contributed by atoms with van der Waals surface area (Å²) in [6.45, 7) is 0.253. The van der Waals surface area contributed by atoms with Crippen LogP contribution in [0, 0.1) is 16.0 Å². The molecular formula is C19H18N4O5. The number of rotatable bonds is 6. The number of nitro benzene ring substituents is 1. The van der Waals surface area contributed by atoms with Crippen LogP contribution in [0.2, 0.25) is 0 Å². The first kappa shape index (κ1) is 19.0. The van der Waals surface area contributed by atoms with Gasteiger partial charge in [-0.25, -0.2) is 5.43 Å². The summed E-state index contributed by atoms with van der Waals surface area (Å²) in [6, 6.07) is 12.9. The van der Waals surface area contributed by atoms with Crippen molar-refractivity contribution in [3.05, 3.63) is 64.2 Å². The Kier molecular flexibility index (Phi) is 5.64. The van der Waals surface area contributed by atoms with Crippen LogP contribution in [-0.2, 0) is 9.59 Å². The highest BCUT2D eigenvalue weighted by Gasteiger charge is 2.35. The van der Waals surface area contributed by atoms with Gasteiger partial charge in [0.25, 0.3) is 5.69 Å². The molecule has 1 heterocycles. The molecule has 9 heteroatoms. The fraction of sp³-hybridized carbons (Fsp3) is 0.211. The van der Waals surface area contributed by atoms with E-state index in [1.165, 1.54) is 24.4 Å². The van der Waals surface area contributed by atoms with Gasteiger partial charge in [-0.05, 0) is 24.3 Å². The Bertz CT molecular complexity index is 926. The average Bonchev–Trinajstić information content (AvgIpc) is 3.10. The number of methoxy groups -OCH3 is 1. The first-order valence-corrected chi connectivity index (χ1v) is 8.49. The van der Waals surface area contributed by atoms with Crippen molar-refractivity contribution in [3.63, 3.8) is 0 Å². The second kappa shape index (κ2) is 8.30. The Hall–Kier alpha value is -3.75. The first-order chi connectivity index (χ1) is 13.5. The molecule has 3 rings (SSSR count). The van der Waals surface area contributed by atoms with Gasteiger partial charge in [-0.1, -0.05) is 12.1 Å². The average molecular weight is 382 g/mol. The van der Waals surface area contributed by atoms with Crippen LogP contribution in [0.15, 0.2) is 53.6 Å². The predicted octanol–water partition coefficient (Wildman–Crippen LogP) is 2.11. The van der Waals surface area contributed by atoms with Gasteiger partial charge in [-0.3, -0.25) is 19.7 Å². The molecule has 1 fully saturated rings. The minimum absolute atomic E-state index is 0.0631. The zero-order valence-electron chi connectivity index (χ0n) is 15.1. The number of nitrogens with one attached hydrogen (secondary N) is 1. The summed E-state index contributed by atoms with van der Waals surface area (Å²) in [4.78, 5) is 36.4. The topological polar surface area (TPSA) is 114 Å². The standard InChI is InChI=1S/C19H18N4O5/c1-28-17-7-5-15(6-8-17)22-12-14(10-18(22)24)19(25)21-20-11-13-3-2-4-16(9-13)23(26)27/h2-9,11,14H,10,12H2,1H3,(H,21,25)/b20-11-/t14-/m1/s1. The maximum Gasteiger partial charge on any atom is 0.270 e. The number of carbonyl (C=O) groups excluding carboxylic acids is 2. The summed E-state index contributed by atoms with van der Waals surface area (Å²) < 4.78 is 5.10. The molecular weight excluding hydrogens is 364 g/mol. The zero-order chi connectivity index (χ0) is 20.1. The fourth-order valence-electron chi connectivity index (χ4n) is 2.88. The van der Waals surface area contributed by atoms with Gasteiger partial charge in [0.2, 0.25) is 11.8 Å². The molecule has 2 amide bonds. The molecule has 2 aromatic carbocycles. The van der Waals surface area contributed by atoms with E-state index in [2.05, 4.69) is 10.5 Å². The van der Waals surface area contributed by atoms with E-state index in [1.54, 1.807) is 42.3 Å². The van der Waals surface area contributed by atoms with Crippen LogP contribution in [0.1, 0.15) is 12.0 Å². The second-order valence-corrected chi connectivity index (χ2v) is 6.19.